The number of hydrogen-bond donors (Lipinski definition) is 2. The zero-order valence-corrected chi connectivity index (χ0v) is 11.5. The molecule has 0 aromatic rings. The summed E-state index contributed by atoms with van der Waals surface area (Å²) < 4.78 is 22.0. The van der Waals surface area contributed by atoms with Crippen molar-refractivity contribution in [1.82, 2.24) is 5.32 Å². The van der Waals surface area contributed by atoms with Crippen molar-refractivity contribution >= 4 is 27.5 Å². The zero-order valence-electron chi connectivity index (χ0n) is 9.89. The van der Waals surface area contributed by atoms with E-state index in [1.807, 2.05) is 6.26 Å². The molecule has 0 aliphatic rings. The number of nitrogens with two attached hydrogens (primary N) is 1. The predicted molar refractivity (Wildman–Crippen MR) is 68.3 cm³/mol. The molecule has 1 unspecified atom stereocenters. The summed E-state index contributed by atoms with van der Waals surface area (Å²) in [6, 6.07) is -0.961. The Bertz CT molecular complexity index is 317. The van der Waals surface area contributed by atoms with Gasteiger partial charge in [-0.1, -0.05) is 0 Å². The molecule has 7 heteroatoms. The molecule has 16 heavy (non-hydrogen) atoms. The van der Waals surface area contributed by atoms with Crippen molar-refractivity contribution in [2.24, 2.45) is 5.73 Å². The second-order valence-corrected chi connectivity index (χ2v) is 7.06. The monoisotopic (exact) mass is 268 g/mol. The molecule has 5 nitrogen and oxygen atoms in total. The molecule has 1 amide bonds. The predicted octanol–water partition coefficient (Wildman–Crippen LogP) is -0.384. The third kappa shape index (κ3) is 7.95. The van der Waals surface area contributed by atoms with E-state index >= 15 is 0 Å². The number of nitrogens with one attached hydrogen (secondary N) is 1. The lowest BCUT2D eigenvalue weighted by Gasteiger charge is -2.16. The standard InChI is InChI=1S/C9H20N2O3S2/c1-7(6-16(3,13)14)11-9(12)8(10)4-5-15-2/h7-8H,4-6,10H2,1-3H3,(H,11,12)/t7?,8-/m0/s1. The fourth-order valence-corrected chi connectivity index (χ4v) is 2.70. The quantitative estimate of drug-likeness (QED) is 0.657. The highest BCUT2D eigenvalue weighted by Gasteiger charge is 2.17. The average Bonchev–Trinajstić information content (AvgIpc) is 2.10. The SMILES string of the molecule is CSCC[C@H](N)C(=O)NC(C)CS(C)(=O)=O. The minimum absolute atomic E-state index is 0.0615. The van der Waals surface area contributed by atoms with E-state index in [-0.39, 0.29) is 11.7 Å². The van der Waals surface area contributed by atoms with E-state index in [9.17, 15) is 13.2 Å². The normalized spacial score (nSPS) is 15.5. The van der Waals surface area contributed by atoms with E-state index in [0.717, 1.165) is 12.0 Å². The van der Waals surface area contributed by atoms with Crippen LogP contribution < -0.4 is 11.1 Å². The number of carbonyl (C=O) groups excluding carboxylic acids is 1. The molecule has 0 rings (SSSR count). The maximum Gasteiger partial charge on any atom is 0.237 e. The van der Waals surface area contributed by atoms with Crippen molar-refractivity contribution in [2.75, 3.05) is 24.0 Å². The Morgan fingerprint density at radius 3 is 2.50 bits per heavy atom. The molecule has 0 aromatic heterocycles. The number of hydrogen-bond acceptors (Lipinski definition) is 5. The Morgan fingerprint density at radius 2 is 2.06 bits per heavy atom. The van der Waals surface area contributed by atoms with Crippen LogP contribution in [0.25, 0.3) is 0 Å². The Kier molecular flexibility index (Phi) is 7.01. The van der Waals surface area contributed by atoms with Crippen molar-refractivity contribution < 1.29 is 13.2 Å². The van der Waals surface area contributed by atoms with Gasteiger partial charge in [0.15, 0.2) is 0 Å². The Labute approximate surface area is 101 Å². The summed E-state index contributed by atoms with van der Waals surface area (Å²) in [5.74, 6) is 0.466. The molecule has 3 N–H and O–H groups in total. The second-order valence-electron chi connectivity index (χ2n) is 3.89. The molecular weight excluding hydrogens is 248 g/mol. The topological polar surface area (TPSA) is 89.3 Å². The number of rotatable bonds is 7. The third-order valence-electron chi connectivity index (χ3n) is 1.91. The maximum atomic E-state index is 11.5. The lowest BCUT2D eigenvalue weighted by molar-refractivity contribution is -0.122. The second kappa shape index (κ2) is 7.13. The highest BCUT2D eigenvalue weighted by atomic mass is 32.2. The van der Waals surface area contributed by atoms with Gasteiger partial charge in [-0.3, -0.25) is 4.79 Å². The van der Waals surface area contributed by atoms with E-state index in [1.165, 1.54) is 0 Å². The van der Waals surface area contributed by atoms with Gasteiger partial charge in [-0.2, -0.15) is 11.8 Å². The number of carbonyl (C=O) groups is 1. The van der Waals surface area contributed by atoms with Crippen LogP contribution in [0.1, 0.15) is 13.3 Å². The number of thioether (sulfide) groups is 1. The van der Waals surface area contributed by atoms with Crippen molar-refractivity contribution in [3.8, 4) is 0 Å². The molecule has 0 bridgehead atoms. The van der Waals surface area contributed by atoms with Crippen LogP contribution in [0.4, 0.5) is 0 Å². The Morgan fingerprint density at radius 1 is 1.50 bits per heavy atom. The highest BCUT2D eigenvalue weighted by molar-refractivity contribution is 7.98. The molecule has 0 aliphatic carbocycles. The van der Waals surface area contributed by atoms with Crippen LogP contribution in [0.3, 0.4) is 0 Å². The van der Waals surface area contributed by atoms with E-state index in [1.54, 1.807) is 18.7 Å². The Balaban J connectivity index is 4.04. The smallest absolute Gasteiger partial charge is 0.237 e. The molecule has 0 saturated carbocycles. The average molecular weight is 268 g/mol. The molecule has 96 valence electrons. The summed E-state index contributed by atoms with van der Waals surface area (Å²) in [5, 5.41) is 2.59. The van der Waals surface area contributed by atoms with Crippen LogP contribution in [0.5, 0.6) is 0 Å². The van der Waals surface area contributed by atoms with Gasteiger partial charge in [0.1, 0.15) is 9.84 Å². The summed E-state index contributed by atoms with van der Waals surface area (Å²) >= 11 is 1.62. The number of amides is 1. The van der Waals surface area contributed by atoms with E-state index in [0.29, 0.717) is 6.42 Å². The first-order valence-corrected chi connectivity index (χ1v) is 8.44. The molecule has 0 spiro atoms. The molecule has 0 saturated heterocycles. The van der Waals surface area contributed by atoms with E-state index in [2.05, 4.69) is 5.32 Å². The van der Waals surface area contributed by atoms with Gasteiger partial charge in [0.05, 0.1) is 11.8 Å². The maximum absolute atomic E-state index is 11.5. The van der Waals surface area contributed by atoms with Gasteiger partial charge in [-0.05, 0) is 25.4 Å². The van der Waals surface area contributed by atoms with Crippen LogP contribution in [-0.2, 0) is 14.6 Å². The highest BCUT2D eigenvalue weighted by Crippen LogP contribution is 1.99. The lowest BCUT2D eigenvalue weighted by Crippen LogP contribution is -2.46. The number of sulfone groups is 1. The van der Waals surface area contributed by atoms with Gasteiger partial charge in [0.2, 0.25) is 5.91 Å². The van der Waals surface area contributed by atoms with Crippen LogP contribution in [-0.4, -0.2) is 50.4 Å². The van der Waals surface area contributed by atoms with Crippen LogP contribution >= 0.6 is 11.8 Å². The van der Waals surface area contributed by atoms with Gasteiger partial charge < -0.3 is 11.1 Å². The summed E-state index contributed by atoms with van der Waals surface area (Å²) in [7, 11) is -3.07. The molecule has 0 radical (unpaired) electrons. The molecule has 0 heterocycles. The van der Waals surface area contributed by atoms with Gasteiger partial charge in [0.25, 0.3) is 0 Å². The van der Waals surface area contributed by atoms with Crippen molar-refractivity contribution in [3.63, 3.8) is 0 Å². The first-order valence-electron chi connectivity index (χ1n) is 4.99. The lowest BCUT2D eigenvalue weighted by atomic mass is 10.2. The van der Waals surface area contributed by atoms with Gasteiger partial charge in [0, 0.05) is 12.3 Å². The minimum atomic E-state index is -3.07. The Hall–Kier alpha value is -0.270. The minimum Gasteiger partial charge on any atom is -0.351 e. The molecule has 2 atom stereocenters. The zero-order chi connectivity index (χ0) is 12.8. The van der Waals surface area contributed by atoms with Gasteiger partial charge in [-0.25, -0.2) is 8.42 Å². The van der Waals surface area contributed by atoms with Crippen molar-refractivity contribution in [2.45, 2.75) is 25.4 Å². The summed E-state index contributed by atoms with van der Waals surface area (Å²) in [6.07, 6.45) is 3.68. The van der Waals surface area contributed by atoms with Crippen molar-refractivity contribution in [3.05, 3.63) is 0 Å². The first kappa shape index (κ1) is 15.7. The van der Waals surface area contributed by atoms with E-state index in [4.69, 9.17) is 5.73 Å². The van der Waals surface area contributed by atoms with Crippen LogP contribution in [0, 0.1) is 0 Å². The summed E-state index contributed by atoms with van der Waals surface area (Å²) in [4.78, 5) is 11.5. The fraction of sp³-hybridized carbons (Fsp3) is 0.889. The summed E-state index contributed by atoms with van der Waals surface area (Å²) in [5.41, 5.74) is 5.64. The van der Waals surface area contributed by atoms with Gasteiger partial charge in [-0.15, -0.1) is 0 Å². The summed E-state index contributed by atoms with van der Waals surface area (Å²) in [6.45, 7) is 1.65. The molecule has 0 aromatic carbocycles. The van der Waals surface area contributed by atoms with Crippen LogP contribution in [0.2, 0.25) is 0 Å². The molecule has 0 fully saturated rings. The largest absolute Gasteiger partial charge is 0.351 e. The van der Waals surface area contributed by atoms with Gasteiger partial charge >= 0.3 is 0 Å². The van der Waals surface area contributed by atoms with Crippen molar-refractivity contribution in [1.29, 1.82) is 0 Å². The first-order chi connectivity index (χ1) is 7.26. The fourth-order valence-electron chi connectivity index (χ4n) is 1.22. The molecule has 0 aliphatic heterocycles. The third-order valence-corrected chi connectivity index (χ3v) is 3.66. The molecular formula is C9H20N2O3S2. The van der Waals surface area contributed by atoms with Crippen LogP contribution in [0.15, 0.2) is 0 Å². The van der Waals surface area contributed by atoms with E-state index < -0.39 is 21.9 Å².